The fourth-order valence-corrected chi connectivity index (χ4v) is 5.14. The number of anilines is 1. The average molecular weight is 556 g/mol. The fraction of sp³-hybridized carbons (Fsp3) is 0.364. The zero-order chi connectivity index (χ0) is 29.0. The minimum atomic E-state index is -0.675. The van der Waals surface area contributed by atoms with Gasteiger partial charge < -0.3 is 20.1 Å². The Morgan fingerprint density at radius 2 is 1.46 bits per heavy atom. The first-order chi connectivity index (χ1) is 19.7. The molecule has 1 fully saturated rings. The summed E-state index contributed by atoms with van der Waals surface area (Å²) in [7, 11) is 0. The molecule has 3 aromatic rings. The standard InChI is InChI=1S/C33H37N3O5/c1-33(2,3)41-32(39)35-23-16-14-22(15-17-23)19-34-30(37)29(18-21-12-13-21)36-31(38)40-20-28-26-10-6-4-8-24(26)25-9-5-7-11-27(25)28/h4-11,14-17,21,28-29H,12-13,18-20H2,1-3H3,(H,34,37)(H,35,39)(H,36,38)/t29-/m0/s1. The molecule has 0 aliphatic heterocycles. The molecule has 0 bridgehead atoms. The third kappa shape index (κ3) is 7.45. The number of carbonyl (C=O) groups is 3. The average Bonchev–Trinajstić information content (AvgIpc) is 3.70. The van der Waals surface area contributed by atoms with Gasteiger partial charge in [-0.1, -0.05) is 73.5 Å². The van der Waals surface area contributed by atoms with E-state index in [1.54, 1.807) is 32.9 Å². The number of amides is 3. The van der Waals surface area contributed by atoms with E-state index in [-0.39, 0.29) is 18.4 Å². The lowest BCUT2D eigenvalue weighted by atomic mass is 9.98. The van der Waals surface area contributed by atoms with Gasteiger partial charge in [-0.25, -0.2) is 9.59 Å². The first kappa shape index (κ1) is 28.2. The summed E-state index contributed by atoms with van der Waals surface area (Å²) in [5.74, 6) is 0.135. The molecule has 41 heavy (non-hydrogen) atoms. The Kier molecular flexibility index (Phi) is 8.28. The molecule has 0 aromatic heterocycles. The SMILES string of the molecule is CC(C)(C)OC(=O)Nc1ccc(CNC(=O)[C@H](CC2CC2)NC(=O)OCC2c3ccccc3-c3ccccc32)cc1. The van der Waals surface area contributed by atoms with Crippen LogP contribution in [0.25, 0.3) is 11.1 Å². The van der Waals surface area contributed by atoms with Crippen molar-refractivity contribution in [2.24, 2.45) is 5.92 Å². The van der Waals surface area contributed by atoms with E-state index in [9.17, 15) is 14.4 Å². The highest BCUT2D eigenvalue weighted by Gasteiger charge is 2.32. The van der Waals surface area contributed by atoms with Gasteiger partial charge in [0.05, 0.1) is 0 Å². The fourth-order valence-electron chi connectivity index (χ4n) is 5.14. The van der Waals surface area contributed by atoms with Gasteiger partial charge in [-0.15, -0.1) is 0 Å². The third-order valence-electron chi connectivity index (χ3n) is 7.28. The van der Waals surface area contributed by atoms with Gasteiger partial charge in [0.15, 0.2) is 0 Å². The van der Waals surface area contributed by atoms with Crippen molar-refractivity contribution in [1.29, 1.82) is 0 Å². The Bertz CT molecular complexity index is 1360. The van der Waals surface area contributed by atoms with Crippen molar-refractivity contribution in [2.45, 2.75) is 64.1 Å². The number of ether oxygens (including phenoxy) is 2. The van der Waals surface area contributed by atoms with E-state index in [2.05, 4.69) is 40.2 Å². The van der Waals surface area contributed by atoms with Gasteiger partial charge in [-0.05, 0) is 73.1 Å². The number of hydrogen-bond acceptors (Lipinski definition) is 5. The number of rotatable bonds is 9. The summed E-state index contributed by atoms with van der Waals surface area (Å²) in [4.78, 5) is 37.9. The molecule has 2 aliphatic carbocycles. The molecular weight excluding hydrogens is 518 g/mol. The van der Waals surface area contributed by atoms with Crippen LogP contribution in [0.1, 0.15) is 62.6 Å². The van der Waals surface area contributed by atoms with E-state index < -0.39 is 23.8 Å². The number of hydrogen-bond donors (Lipinski definition) is 3. The lowest BCUT2D eigenvalue weighted by Gasteiger charge is -2.20. The monoisotopic (exact) mass is 555 g/mol. The van der Waals surface area contributed by atoms with E-state index in [0.29, 0.717) is 24.6 Å². The second kappa shape index (κ2) is 12.0. The topological polar surface area (TPSA) is 106 Å². The number of carbonyl (C=O) groups excluding carboxylic acids is 3. The normalized spacial score (nSPS) is 14.8. The highest BCUT2D eigenvalue weighted by molar-refractivity contribution is 5.86. The zero-order valence-electron chi connectivity index (χ0n) is 23.7. The van der Waals surface area contributed by atoms with Crippen LogP contribution < -0.4 is 16.0 Å². The molecule has 3 N–H and O–H groups in total. The second-order valence-electron chi connectivity index (χ2n) is 11.7. The summed E-state index contributed by atoms with van der Waals surface area (Å²) in [5.41, 5.74) is 5.48. The molecule has 5 rings (SSSR count). The van der Waals surface area contributed by atoms with Gasteiger partial charge in [-0.2, -0.15) is 0 Å². The van der Waals surface area contributed by atoms with Crippen LogP contribution in [-0.4, -0.2) is 36.3 Å². The minimum Gasteiger partial charge on any atom is -0.449 e. The molecule has 0 unspecified atom stereocenters. The number of fused-ring (bicyclic) bond motifs is 3. The van der Waals surface area contributed by atoms with Crippen LogP contribution >= 0.6 is 0 Å². The zero-order valence-corrected chi connectivity index (χ0v) is 23.7. The van der Waals surface area contributed by atoms with Crippen molar-refractivity contribution < 1.29 is 23.9 Å². The first-order valence-electron chi connectivity index (χ1n) is 14.1. The van der Waals surface area contributed by atoms with Gasteiger partial charge in [0.25, 0.3) is 0 Å². The summed E-state index contributed by atoms with van der Waals surface area (Å²) in [6, 6.07) is 22.8. The van der Waals surface area contributed by atoms with Crippen molar-refractivity contribution in [3.8, 4) is 11.1 Å². The Labute approximate surface area is 240 Å². The lowest BCUT2D eigenvalue weighted by Crippen LogP contribution is -2.47. The molecule has 8 nitrogen and oxygen atoms in total. The number of nitrogens with one attached hydrogen (secondary N) is 3. The molecule has 0 spiro atoms. The maximum Gasteiger partial charge on any atom is 0.412 e. The van der Waals surface area contributed by atoms with Crippen molar-refractivity contribution in [1.82, 2.24) is 10.6 Å². The summed E-state index contributed by atoms with van der Waals surface area (Å²) < 4.78 is 11.0. The first-order valence-corrected chi connectivity index (χ1v) is 14.1. The van der Waals surface area contributed by atoms with Crippen molar-refractivity contribution >= 4 is 23.8 Å². The Hall–Kier alpha value is -4.33. The maximum absolute atomic E-state index is 13.1. The van der Waals surface area contributed by atoms with E-state index in [1.165, 1.54) is 0 Å². The van der Waals surface area contributed by atoms with E-state index in [1.807, 2.05) is 36.4 Å². The molecule has 214 valence electrons. The second-order valence-corrected chi connectivity index (χ2v) is 11.7. The van der Waals surface area contributed by atoms with Crippen LogP contribution in [0.4, 0.5) is 15.3 Å². The Morgan fingerprint density at radius 3 is 2.05 bits per heavy atom. The smallest absolute Gasteiger partial charge is 0.412 e. The quantitative estimate of drug-likeness (QED) is 0.285. The van der Waals surface area contributed by atoms with Gasteiger partial charge in [0.1, 0.15) is 18.2 Å². The summed E-state index contributed by atoms with van der Waals surface area (Å²) >= 11 is 0. The third-order valence-corrected chi connectivity index (χ3v) is 7.28. The number of benzene rings is 3. The van der Waals surface area contributed by atoms with Crippen molar-refractivity contribution in [3.63, 3.8) is 0 Å². The molecule has 2 aliphatic rings. The molecule has 0 radical (unpaired) electrons. The van der Waals surface area contributed by atoms with Gasteiger partial charge in [0, 0.05) is 18.2 Å². The highest BCUT2D eigenvalue weighted by Crippen LogP contribution is 2.44. The molecular formula is C33H37N3O5. The van der Waals surface area contributed by atoms with Crippen LogP contribution in [0, 0.1) is 5.92 Å². The molecule has 8 heteroatoms. The van der Waals surface area contributed by atoms with E-state index in [0.717, 1.165) is 40.7 Å². The molecule has 1 saturated carbocycles. The van der Waals surface area contributed by atoms with Crippen molar-refractivity contribution in [2.75, 3.05) is 11.9 Å². The van der Waals surface area contributed by atoms with Crippen LogP contribution in [0.15, 0.2) is 72.8 Å². The lowest BCUT2D eigenvalue weighted by molar-refractivity contribution is -0.123. The minimum absolute atomic E-state index is 0.0448. The van der Waals surface area contributed by atoms with E-state index in [4.69, 9.17) is 9.47 Å². The number of alkyl carbamates (subject to hydrolysis) is 1. The Balaban J connectivity index is 1.14. The predicted octanol–water partition coefficient (Wildman–Crippen LogP) is 6.36. The summed E-state index contributed by atoms with van der Waals surface area (Å²) in [6.45, 7) is 5.90. The van der Waals surface area contributed by atoms with Gasteiger partial charge in [0.2, 0.25) is 5.91 Å². The largest absolute Gasteiger partial charge is 0.449 e. The van der Waals surface area contributed by atoms with E-state index >= 15 is 0 Å². The van der Waals surface area contributed by atoms with Crippen LogP contribution in [-0.2, 0) is 20.8 Å². The predicted molar refractivity (Wildman–Crippen MR) is 157 cm³/mol. The molecule has 0 saturated heterocycles. The highest BCUT2D eigenvalue weighted by atomic mass is 16.6. The van der Waals surface area contributed by atoms with Gasteiger partial charge in [-0.3, -0.25) is 10.1 Å². The maximum atomic E-state index is 13.1. The summed E-state index contributed by atoms with van der Waals surface area (Å²) in [6.07, 6.45) is 1.57. The molecule has 1 atom stereocenters. The summed E-state index contributed by atoms with van der Waals surface area (Å²) in [5, 5.41) is 8.43. The Morgan fingerprint density at radius 1 is 0.854 bits per heavy atom. The van der Waals surface area contributed by atoms with Crippen LogP contribution in [0.2, 0.25) is 0 Å². The van der Waals surface area contributed by atoms with Crippen LogP contribution in [0.5, 0.6) is 0 Å². The molecule has 3 aromatic carbocycles. The van der Waals surface area contributed by atoms with Gasteiger partial charge >= 0.3 is 12.2 Å². The molecule has 0 heterocycles. The molecule has 3 amide bonds. The van der Waals surface area contributed by atoms with Crippen molar-refractivity contribution in [3.05, 3.63) is 89.5 Å². The van der Waals surface area contributed by atoms with Crippen LogP contribution in [0.3, 0.4) is 0 Å².